The number of rotatable bonds is 2. The van der Waals surface area contributed by atoms with Crippen LogP contribution in [0.2, 0.25) is 5.02 Å². The van der Waals surface area contributed by atoms with E-state index in [1.807, 2.05) is 72.8 Å². The van der Waals surface area contributed by atoms with Gasteiger partial charge in [0.25, 0.3) is 0 Å². The van der Waals surface area contributed by atoms with Crippen LogP contribution in [0.3, 0.4) is 0 Å². The van der Waals surface area contributed by atoms with E-state index in [1.165, 1.54) is 0 Å². The SMILES string of the molecule is Oc1ccc2oc3ccccc3c2c1-c1ccccc1-c1ccc(Cl)cc1. The van der Waals surface area contributed by atoms with Crippen LogP contribution < -0.4 is 0 Å². The van der Waals surface area contributed by atoms with Crippen molar-refractivity contribution in [2.45, 2.75) is 0 Å². The second-order valence-corrected chi connectivity index (χ2v) is 6.92. The van der Waals surface area contributed by atoms with Crippen molar-refractivity contribution in [2.75, 3.05) is 0 Å². The average molecular weight is 371 g/mol. The molecule has 0 aliphatic rings. The molecule has 0 aliphatic heterocycles. The first kappa shape index (κ1) is 16.0. The third-order valence-corrected chi connectivity index (χ3v) is 5.13. The first-order chi connectivity index (χ1) is 13.2. The standard InChI is InChI=1S/C24H15ClO2/c25-16-11-9-15(10-12-16)17-5-1-2-6-18(17)23-20(26)13-14-22-24(23)19-7-3-4-8-21(19)27-22/h1-14,26H. The van der Waals surface area contributed by atoms with E-state index in [1.54, 1.807) is 6.07 Å². The summed E-state index contributed by atoms with van der Waals surface area (Å²) in [4.78, 5) is 0. The molecule has 1 aromatic heterocycles. The predicted molar refractivity (Wildman–Crippen MR) is 111 cm³/mol. The number of phenols is 1. The van der Waals surface area contributed by atoms with Crippen molar-refractivity contribution < 1.29 is 9.52 Å². The summed E-state index contributed by atoms with van der Waals surface area (Å²) in [5, 5.41) is 13.4. The fourth-order valence-corrected chi connectivity index (χ4v) is 3.79. The summed E-state index contributed by atoms with van der Waals surface area (Å²) in [7, 11) is 0. The van der Waals surface area contributed by atoms with E-state index in [0.29, 0.717) is 5.02 Å². The molecule has 0 bridgehead atoms. The maximum absolute atomic E-state index is 10.8. The van der Waals surface area contributed by atoms with Gasteiger partial charge < -0.3 is 9.52 Å². The molecule has 0 fully saturated rings. The van der Waals surface area contributed by atoms with Crippen LogP contribution in [-0.4, -0.2) is 5.11 Å². The smallest absolute Gasteiger partial charge is 0.136 e. The summed E-state index contributed by atoms with van der Waals surface area (Å²) < 4.78 is 6.00. The highest BCUT2D eigenvalue weighted by Crippen LogP contribution is 2.44. The summed E-state index contributed by atoms with van der Waals surface area (Å²) in [5.74, 6) is 0.232. The van der Waals surface area contributed by atoms with Crippen molar-refractivity contribution in [2.24, 2.45) is 0 Å². The number of para-hydroxylation sites is 1. The van der Waals surface area contributed by atoms with Crippen molar-refractivity contribution >= 4 is 33.5 Å². The van der Waals surface area contributed by atoms with Crippen molar-refractivity contribution in [1.29, 1.82) is 0 Å². The Kier molecular flexibility index (Phi) is 3.66. The minimum Gasteiger partial charge on any atom is -0.507 e. The van der Waals surface area contributed by atoms with E-state index >= 15 is 0 Å². The van der Waals surface area contributed by atoms with Crippen LogP contribution in [0, 0.1) is 0 Å². The maximum atomic E-state index is 10.8. The molecule has 1 N–H and O–H groups in total. The molecule has 4 aromatic carbocycles. The Bertz CT molecular complexity index is 1280. The summed E-state index contributed by atoms with van der Waals surface area (Å²) in [5.41, 5.74) is 5.37. The van der Waals surface area contributed by atoms with Gasteiger partial charge in [-0.15, -0.1) is 0 Å². The highest BCUT2D eigenvalue weighted by molar-refractivity contribution is 6.30. The first-order valence-corrected chi connectivity index (χ1v) is 9.09. The molecule has 2 nitrogen and oxygen atoms in total. The quantitative estimate of drug-likeness (QED) is 0.354. The Balaban J connectivity index is 1.87. The zero-order valence-electron chi connectivity index (χ0n) is 14.3. The Morgan fingerprint density at radius 3 is 2.19 bits per heavy atom. The van der Waals surface area contributed by atoms with Gasteiger partial charge in [-0.1, -0.05) is 66.2 Å². The van der Waals surface area contributed by atoms with E-state index in [2.05, 4.69) is 6.07 Å². The van der Waals surface area contributed by atoms with E-state index < -0.39 is 0 Å². The van der Waals surface area contributed by atoms with Crippen LogP contribution in [-0.2, 0) is 0 Å². The molecule has 0 spiro atoms. The minimum atomic E-state index is 0.232. The van der Waals surface area contributed by atoms with Gasteiger partial charge in [-0.25, -0.2) is 0 Å². The third kappa shape index (κ3) is 2.57. The fourth-order valence-electron chi connectivity index (χ4n) is 3.66. The van der Waals surface area contributed by atoms with Gasteiger partial charge in [-0.05, 0) is 47.0 Å². The lowest BCUT2D eigenvalue weighted by molar-refractivity contribution is 0.478. The zero-order chi connectivity index (χ0) is 18.4. The van der Waals surface area contributed by atoms with E-state index in [4.69, 9.17) is 16.0 Å². The zero-order valence-corrected chi connectivity index (χ0v) is 15.1. The van der Waals surface area contributed by atoms with Gasteiger partial charge in [-0.2, -0.15) is 0 Å². The second kappa shape index (κ2) is 6.19. The van der Waals surface area contributed by atoms with E-state index in [0.717, 1.165) is 44.2 Å². The van der Waals surface area contributed by atoms with Crippen LogP contribution in [0.4, 0.5) is 0 Å². The number of aromatic hydroxyl groups is 1. The third-order valence-electron chi connectivity index (χ3n) is 4.87. The molecule has 1 heterocycles. The largest absolute Gasteiger partial charge is 0.507 e. The van der Waals surface area contributed by atoms with Crippen LogP contribution in [0.5, 0.6) is 5.75 Å². The molecule has 27 heavy (non-hydrogen) atoms. The van der Waals surface area contributed by atoms with Crippen molar-refractivity contribution in [3.05, 3.63) is 90.0 Å². The van der Waals surface area contributed by atoms with Crippen LogP contribution in [0.15, 0.2) is 89.3 Å². The minimum absolute atomic E-state index is 0.232. The maximum Gasteiger partial charge on any atom is 0.136 e. The summed E-state index contributed by atoms with van der Waals surface area (Å²) in [6, 6.07) is 27.2. The molecular weight excluding hydrogens is 356 g/mol. The molecule has 0 saturated heterocycles. The summed E-state index contributed by atoms with van der Waals surface area (Å²) >= 11 is 6.06. The molecule has 0 saturated carbocycles. The van der Waals surface area contributed by atoms with Gasteiger partial charge >= 0.3 is 0 Å². The van der Waals surface area contributed by atoms with Gasteiger partial charge in [-0.3, -0.25) is 0 Å². The Hall–Kier alpha value is -3.23. The van der Waals surface area contributed by atoms with Crippen LogP contribution >= 0.6 is 11.6 Å². The van der Waals surface area contributed by atoms with E-state index in [-0.39, 0.29) is 5.75 Å². The van der Waals surface area contributed by atoms with Crippen molar-refractivity contribution in [3.63, 3.8) is 0 Å². The number of furan rings is 1. The normalized spacial score (nSPS) is 11.3. The second-order valence-electron chi connectivity index (χ2n) is 6.48. The molecule has 0 unspecified atom stereocenters. The van der Waals surface area contributed by atoms with E-state index in [9.17, 15) is 5.11 Å². The molecule has 0 amide bonds. The lowest BCUT2D eigenvalue weighted by Crippen LogP contribution is -1.87. The molecule has 5 aromatic rings. The molecule has 0 radical (unpaired) electrons. The average Bonchev–Trinajstić information content (AvgIpc) is 3.07. The van der Waals surface area contributed by atoms with Crippen LogP contribution in [0.1, 0.15) is 0 Å². The molecule has 3 heteroatoms. The monoisotopic (exact) mass is 370 g/mol. The molecule has 5 rings (SSSR count). The number of phenolic OH excluding ortho intramolecular Hbond substituents is 1. The topological polar surface area (TPSA) is 33.4 Å². The highest BCUT2D eigenvalue weighted by Gasteiger charge is 2.18. The predicted octanol–water partition coefficient (Wildman–Crippen LogP) is 7.28. The van der Waals surface area contributed by atoms with Gasteiger partial charge in [0.2, 0.25) is 0 Å². The lowest BCUT2D eigenvalue weighted by Gasteiger charge is -2.13. The van der Waals surface area contributed by atoms with Gasteiger partial charge in [0.15, 0.2) is 0 Å². The van der Waals surface area contributed by atoms with Crippen molar-refractivity contribution in [1.82, 2.24) is 0 Å². The van der Waals surface area contributed by atoms with Crippen LogP contribution in [0.25, 0.3) is 44.2 Å². The first-order valence-electron chi connectivity index (χ1n) is 8.71. The number of hydrogen-bond donors (Lipinski definition) is 1. The highest BCUT2D eigenvalue weighted by atomic mass is 35.5. The number of benzene rings is 4. The molecule has 0 atom stereocenters. The Labute approximate surface area is 161 Å². The summed E-state index contributed by atoms with van der Waals surface area (Å²) in [6.45, 7) is 0. The fraction of sp³-hybridized carbons (Fsp3) is 0. The Morgan fingerprint density at radius 1 is 0.667 bits per heavy atom. The molecule has 130 valence electrons. The number of fused-ring (bicyclic) bond motifs is 3. The summed E-state index contributed by atoms with van der Waals surface area (Å²) in [6.07, 6.45) is 0. The lowest BCUT2D eigenvalue weighted by atomic mass is 9.91. The van der Waals surface area contributed by atoms with Gasteiger partial charge in [0.1, 0.15) is 16.9 Å². The number of hydrogen-bond acceptors (Lipinski definition) is 2. The van der Waals surface area contributed by atoms with Crippen molar-refractivity contribution in [3.8, 4) is 28.0 Å². The van der Waals surface area contributed by atoms with Gasteiger partial charge in [0, 0.05) is 21.4 Å². The molecule has 0 aliphatic carbocycles. The Morgan fingerprint density at radius 2 is 1.37 bits per heavy atom. The molecular formula is C24H15ClO2. The number of halogens is 1. The van der Waals surface area contributed by atoms with Gasteiger partial charge in [0.05, 0.1) is 0 Å².